The largest absolute Gasteiger partial charge is 0.490 e. The van der Waals surface area contributed by atoms with E-state index in [1.165, 1.54) is 0 Å². The SMILES string of the molecule is N#Cc1ccc(OC2CCC(C(=O)Nc3ccc(N4CCC(CN5CCN(c6ccc7c(c6)CN(C6CCC(=O)NC6=O)C7=O)CC5)CC4)nn3)CC2)cc1Cl. The van der Waals surface area contributed by atoms with Gasteiger partial charge in [0.2, 0.25) is 17.7 Å². The third kappa shape index (κ3) is 8.29. The van der Waals surface area contributed by atoms with E-state index in [0.29, 0.717) is 59.4 Å². The van der Waals surface area contributed by atoms with E-state index in [1.54, 1.807) is 23.1 Å². The molecular formula is C41H46ClN9O5. The third-order valence-electron chi connectivity index (χ3n) is 12.0. The molecule has 292 valence electrons. The van der Waals surface area contributed by atoms with Gasteiger partial charge in [0.1, 0.15) is 17.9 Å². The quantitative estimate of drug-likeness (QED) is 0.297. The molecule has 0 bridgehead atoms. The van der Waals surface area contributed by atoms with Gasteiger partial charge in [-0.15, -0.1) is 10.2 Å². The highest BCUT2D eigenvalue weighted by Crippen LogP contribution is 2.33. The van der Waals surface area contributed by atoms with Gasteiger partial charge in [-0.1, -0.05) is 11.6 Å². The monoisotopic (exact) mass is 779 g/mol. The number of amides is 4. The lowest BCUT2D eigenvalue weighted by atomic mass is 9.86. The number of anilines is 3. The Bertz CT molecular complexity index is 2020. The standard InChI is InChI=1S/C41H46ClN9O5/c42-34-22-32(7-3-28(34)23-43)56-31-5-1-27(2-6-31)39(53)44-36-10-11-37(47-46-36)50-15-13-26(14-16-50)24-48-17-19-49(20-18-48)30-4-8-33-29(21-30)25-51(41(33)55)35-9-12-38(52)45-40(35)54/h3-4,7-8,10-11,21-22,26-27,31,35H,1-2,5-6,9,12-20,24-25H2,(H,44,46,53)(H,45,52,54). The number of piperazine rings is 1. The van der Waals surface area contributed by atoms with Crippen LogP contribution in [0, 0.1) is 23.2 Å². The van der Waals surface area contributed by atoms with Gasteiger partial charge in [0.15, 0.2) is 11.6 Å². The Morgan fingerprint density at radius 2 is 1.68 bits per heavy atom. The van der Waals surface area contributed by atoms with Crippen LogP contribution in [0.5, 0.6) is 5.75 Å². The average Bonchev–Trinajstić information content (AvgIpc) is 3.54. The molecule has 3 aromatic rings. The second-order valence-corrected chi connectivity index (χ2v) is 16.0. The Kier molecular flexibility index (Phi) is 11.1. The smallest absolute Gasteiger partial charge is 0.255 e. The Labute approximate surface area is 331 Å². The first-order chi connectivity index (χ1) is 27.2. The van der Waals surface area contributed by atoms with E-state index < -0.39 is 6.04 Å². The summed E-state index contributed by atoms with van der Waals surface area (Å²) in [5.41, 5.74) is 3.09. The van der Waals surface area contributed by atoms with Crippen LogP contribution in [0.4, 0.5) is 17.3 Å². The van der Waals surface area contributed by atoms with Gasteiger partial charge in [-0.3, -0.25) is 29.4 Å². The lowest BCUT2D eigenvalue weighted by Crippen LogP contribution is -2.52. The maximum Gasteiger partial charge on any atom is 0.255 e. The molecule has 0 radical (unpaired) electrons. The molecule has 1 atom stereocenters. The van der Waals surface area contributed by atoms with Crippen molar-refractivity contribution in [3.05, 3.63) is 70.2 Å². The van der Waals surface area contributed by atoms with Gasteiger partial charge in [0, 0.05) is 82.0 Å². The van der Waals surface area contributed by atoms with Crippen LogP contribution in [0.2, 0.25) is 5.02 Å². The van der Waals surface area contributed by atoms with Gasteiger partial charge in [-0.25, -0.2) is 0 Å². The van der Waals surface area contributed by atoms with Crippen LogP contribution in [0.25, 0.3) is 0 Å². The number of rotatable bonds is 9. The Hall–Kier alpha value is -5.26. The second kappa shape index (κ2) is 16.5. The molecule has 5 aliphatic rings. The van der Waals surface area contributed by atoms with E-state index in [-0.39, 0.29) is 42.1 Å². The summed E-state index contributed by atoms with van der Waals surface area (Å²) in [6.45, 7) is 7.04. The van der Waals surface area contributed by atoms with Crippen LogP contribution >= 0.6 is 11.6 Å². The van der Waals surface area contributed by atoms with Crippen molar-refractivity contribution >= 4 is 52.6 Å². The molecule has 1 aromatic heterocycles. The molecule has 1 unspecified atom stereocenters. The summed E-state index contributed by atoms with van der Waals surface area (Å²) in [5, 5.41) is 23.6. The summed E-state index contributed by atoms with van der Waals surface area (Å²) >= 11 is 6.14. The van der Waals surface area contributed by atoms with E-state index in [1.807, 2.05) is 24.3 Å². The molecular weight excluding hydrogens is 734 g/mol. The fourth-order valence-electron chi connectivity index (χ4n) is 8.74. The predicted molar refractivity (Wildman–Crippen MR) is 209 cm³/mol. The third-order valence-corrected chi connectivity index (χ3v) is 12.3. The number of piperidine rings is 2. The minimum absolute atomic E-state index is 0.00312. The lowest BCUT2D eigenvalue weighted by molar-refractivity contribution is -0.137. The molecule has 56 heavy (non-hydrogen) atoms. The predicted octanol–water partition coefficient (Wildman–Crippen LogP) is 4.38. The normalized spacial score (nSPS) is 23.4. The molecule has 3 saturated heterocycles. The first-order valence-corrected chi connectivity index (χ1v) is 20.1. The lowest BCUT2D eigenvalue weighted by Gasteiger charge is -2.39. The molecule has 0 spiro atoms. The zero-order valence-corrected chi connectivity index (χ0v) is 32.0. The highest BCUT2D eigenvalue weighted by Gasteiger charge is 2.39. The number of halogens is 1. The number of hydrogen-bond donors (Lipinski definition) is 2. The van der Waals surface area contributed by atoms with Crippen molar-refractivity contribution in [3.63, 3.8) is 0 Å². The summed E-state index contributed by atoms with van der Waals surface area (Å²) in [6, 6.07) is 16.3. The van der Waals surface area contributed by atoms with Crippen LogP contribution in [-0.2, 0) is 20.9 Å². The molecule has 4 aliphatic heterocycles. The number of carbonyl (C=O) groups excluding carboxylic acids is 4. The van der Waals surface area contributed by atoms with Gasteiger partial charge in [0.05, 0.1) is 16.7 Å². The number of imide groups is 1. The molecule has 1 saturated carbocycles. The molecule has 2 aromatic carbocycles. The number of nitrogens with one attached hydrogen (secondary N) is 2. The van der Waals surface area contributed by atoms with Gasteiger partial charge >= 0.3 is 0 Å². The number of hydrogen-bond acceptors (Lipinski definition) is 11. The van der Waals surface area contributed by atoms with Gasteiger partial charge in [-0.2, -0.15) is 5.26 Å². The Balaban J connectivity index is 0.742. The summed E-state index contributed by atoms with van der Waals surface area (Å²) in [5.74, 6) is 1.55. The van der Waals surface area contributed by atoms with Crippen molar-refractivity contribution in [3.8, 4) is 11.8 Å². The number of carbonyl (C=O) groups is 4. The van der Waals surface area contributed by atoms with Crippen molar-refractivity contribution in [2.24, 2.45) is 11.8 Å². The van der Waals surface area contributed by atoms with Crippen LogP contribution in [-0.4, -0.2) is 102 Å². The van der Waals surface area contributed by atoms with Crippen molar-refractivity contribution < 1.29 is 23.9 Å². The number of nitrogens with zero attached hydrogens (tertiary/aromatic N) is 7. The molecule has 1 aliphatic carbocycles. The highest BCUT2D eigenvalue weighted by atomic mass is 35.5. The zero-order chi connectivity index (χ0) is 38.8. The van der Waals surface area contributed by atoms with Gasteiger partial charge in [0.25, 0.3) is 5.91 Å². The highest BCUT2D eigenvalue weighted by molar-refractivity contribution is 6.31. The van der Waals surface area contributed by atoms with E-state index >= 15 is 0 Å². The van der Waals surface area contributed by atoms with Gasteiger partial charge in [-0.05, 0) is 98.9 Å². The number of ether oxygens (including phenoxy) is 1. The molecule has 14 nitrogen and oxygen atoms in total. The summed E-state index contributed by atoms with van der Waals surface area (Å²) in [7, 11) is 0. The first kappa shape index (κ1) is 37.7. The van der Waals surface area contributed by atoms with E-state index in [4.69, 9.17) is 21.6 Å². The van der Waals surface area contributed by atoms with Crippen LogP contribution in [0.3, 0.4) is 0 Å². The first-order valence-electron chi connectivity index (χ1n) is 19.7. The van der Waals surface area contributed by atoms with Crippen LogP contribution in [0.1, 0.15) is 72.9 Å². The molecule has 4 fully saturated rings. The Morgan fingerprint density at radius 3 is 2.38 bits per heavy atom. The molecule has 8 rings (SSSR count). The summed E-state index contributed by atoms with van der Waals surface area (Å²) in [4.78, 5) is 59.0. The molecule has 5 heterocycles. The summed E-state index contributed by atoms with van der Waals surface area (Å²) < 4.78 is 6.07. The van der Waals surface area contributed by atoms with Crippen molar-refractivity contribution in [2.45, 2.75) is 70.1 Å². The van der Waals surface area contributed by atoms with Gasteiger partial charge < -0.3 is 24.8 Å². The summed E-state index contributed by atoms with van der Waals surface area (Å²) in [6.07, 6.45) is 5.69. The van der Waals surface area contributed by atoms with E-state index in [9.17, 15) is 19.2 Å². The zero-order valence-electron chi connectivity index (χ0n) is 31.3. The van der Waals surface area contributed by atoms with Crippen molar-refractivity contribution in [2.75, 3.05) is 60.9 Å². The fraction of sp³-hybridized carbons (Fsp3) is 0.488. The minimum Gasteiger partial charge on any atom is -0.490 e. The van der Waals surface area contributed by atoms with E-state index in [0.717, 1.165) is 88.6 Å². The fourth-order valence-corrected chi connectivity index (χ4v) is 8.95. The topological polar surface area (TPSA) is 164 Å². The number of aromatic nitrogens is 2. The second-order valence-electron chi connectivity index (χ2n) is 15.6. The molecule has 2 N–H and O–H groups in total. The average molecular weight is 780 g/mol. The minimum atomic E-state index is -0.604. The number of benzene rings is 2. The maximum absolute atomic E-state index is 13.1. The number of fused-ring (bicyclic) bond motifs is 1. The number of nitriles is 1. The van der Waals surface area contributed by atoms with E-state index in [2.05, 4.69) is 47.7 Å². The molecule has 4 amide bonds. The van der Waals surface area contributed by atoms with Crippen molar-refractivity contribution in [1.82, 2.24) is 25.3 Å². The Morgan fingerprint density at radius 1 is 0.893 bits per heavy atom. The van der Waals surface area contributed by atoms with Crippen molar-refractivity contribution in [1.29, 1.82) is 5.26 Å². The van der Waals surface area contributed by atoms with Crippen LogP contribution in [0.15, 0.2) is 48.5 Å². The molecule has 15 heteroatoms. The maximum atomic E-state index is 13.1. The van der Waals surface area contributed by atoms with Crippen LogP contribution < -0.4 is 25.2 Å².